The van der Waals surface area contributed by atoms with E-state index in [0.717, 1.165) is 31.8 Å². The lowest BCUT2D eigenvalue weighted by molar-refractivity contribution is 0.0904. The van der Waals surface area contributed by atoms with Crippen LogP contribution in [0.25, 0.3) is 0 Å². The third-order valence-corrected chi connectivity index (χ3v) is 3.33. The lowest BCUT2D eigenvalue weighted by atomic mass is 10.2. The average molecular weight is 282 g/mol. The smallest absolute Gasteiger partial charge is 0.287 e. The number of aliphatic hydroxyl groups is 1. The van der Waals surface area contributed by atoms with Gasteiger partial charge in [0.2, 0.25) is 0 Å². The van der Waals surface area contributed by atoms with Crippen LogP contribution < -0.4 is 5.32 Å². The summed E-state index contributed by atoms with van der Waals surface area (Å²) in [4.78, 5) is 14.2. The molecule has 0 aromatic carbocycles. The molecule has 114 valence electrons. The highest BCUT2D eigenvalue weighted by Crippen LogP contribution is 2.11. The van der Waals surface area contributed by atoms with E-state index >= 15 is 0 Å². The van der Waals surface area contributed by atoms with Crippen molar-refractivity contribution in [2.45, 2.75) is 46.2 Å². The van der Waals surface area contributed by atoms with Crippen molar-refractivity contribution in [3.05, 3.63) is 23.7 Å². The Balaban J connectivity index is 2.51. The molecule has 0 fully saturated rings. The molecule has 0 saturated carbocycles. The van der Waals surface area contributed by atoms with E-state index in [9.17, 15) is 4.79 Å². The molecule has 2 N–H and O–H groups in total. The Labute approximate surface area is 121 Å². The van der Waals surface area contributed by atoms with E-state index < -0.39 is 0 Å². The van der Waals surface area contributed by atoms with Crippen LogP contribution in [0.1, 0.15) is 49.9 Å². The van der Waals surface area contributed by atoms with Crippen molar-refractivity contribution in [2.24, 2.45) is 0 Å². The summed E-state index contributed by atoms with van der Waals surface area (Å²) in [5, 5.41) is 11.6. The second kappa shape index (κ2) is 8.76. The van der Waals surface area contributed by atoms with E-state index in [1.165, 1.54) is 0 Å². The second-order valence-corrected chi connectivity index (χ2v) is 4.97. The maximum Gasteiger partial charge on any atom is 0.287 e. The molecular weight excluding hydrogens is 256 g/mol. The van der Waals surface area contributed by atoms with Gasteiger partial charge in [0, 0.05) is 12.6 Å². The van der Waals surface area contributed by atoms with E-state index in [0.29, 0.717) is 12.2 Å². The summed E-state index contributed by atoms with van der Waals surface area (Å²) in [6, 6.07) is 3.60. The molecule has 1 rings (SSSR count). The molecular formula is C15H26N2O3. The standard InChI is InChI=1S/C15H26N2O3/c1-4-17(5-2)11-13-8-9-14(20-13)15(19)16-12(3)7-6-10-18/h8-9,12,18H,4-7,10-11H2,1-3H3,(H,16,19). The minimum atomic E-state index is -0.193. The fourth-order valence-corrected chi connectivity index (χ4v) is 2.02. The van der Waals surface area contributed by atoms with Crippen LogP contribution in [0.4, 0.5) is 0 Å². The summed E-state index contributed by atoms with van der Waals surface area (Å²) in [6.45, 7) is 8.91. The Morgan fingerprint density at radius 2 is 2.10 bits per heavy atom. The second-order valence-electron chi connectivity index (χ2n) is 4.97. The average Bonchev–Trinajstić information content (AvgIpc) is 2.91. The molecule has 1 heterocycles. The SMILES string of the molecule is CCN(CC)Cc1ccc(C(=O)NC(C)CCCO)o1. The fourth-order valence-electron chi connectivity index (χ4n) is 2.02. The van der Waals surface area contributed by atoms with Crippen LogP contribution in [0.2, 0.25) is 0 Å². The first-order valence-corrected chi connectivity index (χ1v) is 7.33. The van der Waals surface area contributed by atoms with Crippen molar-refractivity contribution >= 4 is 5.91 Å². The molecule has 0 saturated heterocycles. The van der Waals surface area contributed by atoms with Gasteiger partial charge in [-0.25, -0.2) is 0 Å². The van der Waals surface area contributed by atoms with E-state index in [1.54, 1.807) is 6.07 Å². The number of amides is 1. The van der Waals surface area contributed by atoms with Crippen LogP contribution in [0, 0.1) is 0 Å². The highest BCUT2D eigenvalue weighted by atomic mass is 16.4. The Kier molecular flexibility index (Phi) is 7.33. The number of carbonyl (C=O) groups excluding carboxylic acids is 1. The summed E-state index contributed by atoms with van der Waals surface area (Å²) in [5.74, 6) is 0.964. The Hall–Kier alpha value is -1.33. The van der Waals surface area contributed by atoms with Crippen LogP contribution in [0.5, 0.6) is 0 Å². The maximum atomic E-state index is 12.0. The predicted octanol–water partition coefficient (Wildman–Crippen LogP) is 2.01. The molecule has 1 aromatic heterocycles. The monoisotopic (exact) mass is 282 g/mol. The van der Waals surface area contributed by atoms with Gasteiger partial charge in [0.05, 0.1) is 6.54 Å². The van der Waals surface area contributed by atoms with Crippen LogP contribution in [0.3, 0.4) is 0 Å². The molecule has 0 aliphatic heterocycles. The van der Waals surface area contributed by atoms with Crippen molar-refractivity contribution in [3.63, 3.8) is 0 Å². The van der Waals surface area contributed by atoms with Gasteiger partial charge >= 0.3 is 0 Å². The lowest BCUT2D eigenvalue weighted by Gasteiger charge is -2.15. The van der Waals surface area contributed by atoms with E-state index in [2.05, 4.69) is 24.1 Å². The number of aliphatic hydroxyl groups excluding tert-OH is 1. The summed E-state index contributed by atoms with van der Waals surface area (Å²) < 4.78 is 5.58. The van der Waals surface area contributed by atoms with Crippen molar-refractivity contribution in [2.75, 3.05) is 19.7 Å². The van der Waals surface area contributed by atoms with Gasteiger partial charge < -0.3 is 14.8 Å². The number of nitrogens with one attached hydrogen (secondary N) is 1. The topological polar surface area (TPSA) is 65.7 Å². The summed E-state index contributed by atoms with van der Waals surface area (Å²) in [5.41, 5.74) is 0. The van der Waals surface area contributed by atoms with Gasteiger partial charge in [0.1, 0.15) is 5.76 Å². The summed E-state index contributed by atoms with van der Waals surface area (Å²) in [6.07, 6.45) is 1.45. The minimum Gasteiger partial charge on any atom is -0.455 e. The Bertz CT molecular complexity index is 400. The molecule has 1 atom stereocenters. The molecule has 0 radical (unpaired) electrons. The molecule has 1 unspecified atom stereocenters. The van der Waals surface area contributed by atoms with Gasteiger partial charge in [-0.05, 0) is 45.0 Å². The zero-order valence-electron chi connectivity index (χ0n) is 12.7. The first-order chi connectivity index (χ1) is 9.60. The molecule has 5 nitrogen and oxygen atoms in total. The van der Waals surface area contributed by atoms with Crippen molar-refractivity contribution in [1.82, 2.24) is 10.2 Å². The van der Waals surface area contributed by atoms with Crippen LogP contribution in [-0.2, 0) is 6.54 Å². The van der Waals surface area contributed by atoms with Crippen LogP contribution >= 0.6 is 0 Å². The quantitative estimate of drug-likeness (QED) is 0.727. The Morgan fingerprint density at radius 1 is 1.40 bits per heavy atom. The summed E-state index contributed by atoms with van der Waals surface area (Å²) >= 11 is 0. The van der Waals surface area contributed by atoms with Crippen molar-refractivity contribution in [3.8, 4) is 0 Å². The van der Waals surface area contributed by atoms with Gasteiger partial charge in [-0.3, -0.25) is 9.69 Å². The number of hydrogen-bond acceptors (Lipinski definition) is 4. The molecule has 1 amide bonds. The third kappa shape index (κ3) is 5.35. The van der Waals surface area contributed by atoms with E-state index in [4.69, 9.17) is 9.52 Å². The molecule has 0 bridgehead atoms. The van der Waals surface area contributed by atoms with Gasteiger partial charge in [0.15, 0.2) is 5.76 Å². The molecule has 0 spiro atoms. The van der Waals surface area contributed by atoms with Crippen molar-refractivity contribution in [1.29, 1.82) is 0 Å². The zero-order valence-corrected chi connectivity index (χ0v) is 12.7. The molecule has 1 aromatic rings. The number of rotatable bonds is 9. The highest BCUT2D eigenvalue weighted by Gasteiger charge is 2.14. The minimum absolute atomic E-state index is 0.0333. The van der Waals surface area contributed by atoms with E-state index in [1.807, 2.05) is 13.0 Å². The number of hydrogen-bond donors (Lipinski definition) is 2. The fraction of sp³-hybridized carbons (Fsp3) is 0.667. The molecule has 0 aliphatic carbocycles. The van der Waals surface area contributed by atoms with Crippen molar-refractivity contribution < 1.29 is 14.3 Å². The Morgan fingerprint density at radius 3 is 2.70 bits per heavy atom. The largest absolute Gasteiger partial charge is 0.455 e. The highest BCUT2D eigenvalue weighted by molar-refractivity contribution is 5.91. The molecule has 5 heteroatoms. The number of carbonyl (C=O) groups is 1. The zero-order chi connectivity index (χ0) is 15.0. The maximum absolute atomic E-state index is 12.0. The lowest BCUT2D eigenvalue weighted by Crippen LogP contribution is -2.32. The van der Waals surface area contributed by atoms with Gasteiger partial charge in [0.25, 0.3) is 5.91 Å². The first kappa shape index (κ1) is 16.7. The predicted molar refractivity (Wildman–Crippen MR) is 78.6 cm³/mol. The van der Waals surface area contributed by atoms with Gasteiger partial charge in [-0.2, -0.15) is 0 Å². The van der Waals surface area contributed by atoms with E-state index in [-0.39, 0.29) is 18.6 Å². The summed E-state index contributed by atoms with van der Waals surface area (Å²) in [7, 11) is 0. The van der Waals surface area contributed by atoms with Gasteiger partial charge in [-0.15, -0.1) is 0 Å². The van der Waals surface area contributed by atoms with Crippen LogP contribution in [0.15, 0.2) is 16.5 Å². The normalized spacial score (nSPS) is 12.7. The first-order valence-electron chi connectivity index (χ1n) is 7.33. The number of furan rings is 1. The third-order valence-electron chi connectivity index (χ3n) is 3.33. The van der Waals surface area contributed by atoms with Gasteiger partial charge in [-0.1, -0.05) is 13.8 Å². The molecule has 20 heavy (non-hydrogen) atoms. The molecule has 0 aliphatic rings. The van der Waals surface area contributed by atoms with Crippen LogP contribution in [-0.4, -0.2) is 41.7 Å². The number of nitrogens with zero attached hydrogens (tertiary/aromatic N) is 1.